The van der Waals surface area contributed by atoms with Gasteiger partial charge in [-0.3, -0.25) is 0 Å². The van der Waals surface area contributed by atoms with E-state index in [9.17, 15) is 8.42 Å². The second-order valence-electron chi connectivity index (χ2n) is 3.24. The molecule has 0 amide bonds. The summed E-state index contributed by atoms with van der Waals surface area (Å²) in [6, 6.07) is -0.0799. The molecular formula is C8H19NO3S. The maximum absolute atomic E-state index is 11.6. The molecule has 1 N–H and O–H groups in total. The lowest BCUT2D eigenvalue weighted by atomic mass is 10.4. The summed E-state index contributed by atoms with van der Waals surface area (Å²) in [5.41, 5.74) is 0. The molecule has 13 heavy (non-hydrogen) atoms. The second-order valence-corrected chi connectivity index (χ2v) is 5.29. The molecule has 80 valence electrons. The Labute approximate surface area is 80.6 Å². The van der Waals surface area contributed by atoms with Crippen LogP contribution in [-0.2, 0) is 10.0 Å². The van der Waals surface area contributed by atoms with Gasteiger partial charge in [-0.25, -0.2) is 8.42 Å². The maximum Gasteiger partial charge on any atom is 0.214 e. The van der Waals surface area contributed by atoms with Gasteiger partial charge in [0.05, 0.1) is 12.4 Å². The van der Waals surface area contributed by atoms with E-state index in [1.54, 1.807) is 0 Å². The number of hydrogen-bond donors (Lipinski definition) is 1. The molecular weight excluding hydrogens is 190 g/mol. The highest BCUT2D eigenvalue weighted by Crippen LogP contribution is 2.07. The highest BCUT2D eigenvalue weighted by Gasteiger charge is 2.22. The normalized spacial score (nSPS) is 12.8. The molecule has 5 heteroatoms. The van der Waals surface area contributed by atoms with E-state index in [-0.39, 0.29) is 24.9 Å². The van der Waals surface area contributed by atoms with E-state index in [1.165, 1.54) is 4.31 Å². The standard InChI is InChI=1S/C8H19NO3S/c1-4-7-13(11,12)9(5-6-10)8(2)3/h8,10H,4-7H2,1-3H3. The van der Waals surface area contributed by atoms with Crippen LogP contribution < -0.4 is 0 Å². The number of sulfonamides is 1. The van der Waals surface area contributed by atoms with Crippen molar-refractivity contribution in [1.29, 1.82) is 0 Å². The molecule has 0 radical (unpaired) electrons. The molecule has 4 nitrogen and oxygen atoms in total. The van der Waals surface area contributed by atoms with Gasteiger partial charge >= 0.3 is 0 Å². The molecule has 0 unspecified atom stereocenters. The van der Waals surface area contributed by atoms with Crippen molar-refractivity contribution in [2.24, 2.45) is 0 Å². The number of hydrogen-bond acceptors (Lipinski definition) is 3. The topological polar surface area (TPSA) is 57.6 Å². The smallest absolute Gasteiger partial charge is 0.214 e. The van der Waals surface area contributed by atoms with Crippen LogP contribution in [0.1, 0.15) is 27.2 Å². The van der Waals surface area contributed by atoms with Crippen molar-refractivity contribution >= 4 is 10.0 Å². The number of rotatable bonds is 6. The summed E-state index contributed by atoms with van der Waals surface area (Å²) in [5, 5.41) is 8.71. The van der Waals surface area contributed by atoms with Crippen molar-refractivity contribution in [2.75, 3.05) is 18.9 Å². The maximum atomic E-state index is 11.6. The predicted octanol–water partition coefficient (Wildman–Crippen LogP) is 0.429. The van der Waals surface area contributed by atoms with E-state index >= 15 is 0 Å². The van der Waals surface area contributed by atoms with Crippen LogP contribution >= 0.6 is 0 Å². The zero-order chi connectivity index (χ0) is 10.5. The van der Waals surface area contributed by atoms with E-state index in [0.717, 1.165) is 0 Å². The van der Waals surface area contributed by atoms with E-state index < -0.39 is 10.0 Å². The SMILES string of the molecule is CCCS(=O)(=O)N(CCO)C(C)C. The van der Waals surface area contributed by atoms with Crippen LogP contribution in [0.2, 0.25) is 0 Å². The Morgan fingerprint density at radius 1 is 1.38 bits per heavy atom. The summed E-state index contributed by atoms with van der Waals surface area (Å²) in [5.74, 6) is 0.158. The minimum atomic E-state index is -3.16. The Morgan fingerprint density at radius 3 is 2.23 bits per heavy atom. The average molecular weight is 209 g/mol. The molecule has 0 aliphatic carbocycles. The quantitative estimate of drug-likeness (QED) is 0.690. The van der Waals surface area contributed by atoms with Crippen molar-refractivity contribution in [1.82, 2.24) is 4.31 Å². The van der Waals surface area contributed by atoms with E-state index in [2.05, 4.69) is 0 Å². The number of aliphatic hydroxyl groups is 1. The monoisotopic (exact) mass is 209 g/mol. The Kier molecular flexibility index (Phi) is 5.51. The summed E-state index contributed by atoms with van der Waals surface area (Å²) >= 11 is 0. The van der Waals surface area contributed by atoms with Crippen molar-refractivity contribution in [3.63, 3.8) is 0 Å². The number of aliphatic hydroxyl groups excluding tert-OH is 1. The van der Waals surface area contributed by atoms with Gasteiger partial charge in [-0.2, -0.15) is 4.31 Å². The molecule has 0 rings (SSSR count). The van der Waals surface area contributed by atoms with Gasteiger partial charge < -0.3 is 5.11 Å². The van der Waals surface area contributed by atoms with Gasteiger partial charge in [0.25, 0.3) is 0 Å². The molecule has 0 aliphatic heterocycles. The average Bonchev–Trinajstić information content (AvgIpc) is 1.99. The molecule has 0 aromatic heterocycles. The summed E-state index contributed by atoms with van der Waals surface area (Å²) in [6.45, 7) is 5.52. The van der Waals surface area contributed by atoms with Crippen molar-refractivity contribution in [3.05, 3.63) is 0 Å². The number of nitrogens with zero attached hydrogens (tertiary/aromatic N) is 1. The first-order chi connectivity index (χ1) is 5.95. The lowest BCUT2D eigenvalue weighted by Gasteiger charge is -2.24. The summed E-state index contributed by atoms with van der Waals surface area (Å²) in [6.07, 6.45) is 0.608. The van der Waals surface area contributed by atoms with Crippen LogP contribution in [0.15, 0.2) is 0 Å². The molecule has 0 atom stereocenters. The Hall–Kier alpha value is -0.130. The van der Waals surface area contributed by atoms with Gasteiger partial charge in [-0.1, -0.05) is 6.92 Å². The first kappa shape index (κ1) is 12.9. The fraction of sp³-hybridized carbons (Fsp3) is 1.00. The third-order valence-electron chi connectivity index (χ3n) is 1.72. The first-order valence-electron chi connectivity index (χ1n) is 4.56. The van der Waals surface area contributed by atoms with Gasteiger partial charge in [0.2, 0.25) is 10.0 Å². The highest BCUT2D eigenvalue weighted by atomic mass is 32.2. The fourth-order valence-electron chi connectivity index (χ4n) is 1.19. The van der Waals surface area contributed by atoms with E-state index in [0.29, 0.717) is 6.42 Å². The van der Waals surface area contributed by atoms with Crippen LogP contribution in [0, 0.1) is 0 Å². The molecule has 0 aliphatic rings. The summed E-state index contributed by atoms with van der Waals surface area (Å²) < 4.78 is 24.5. The third-order valence-corrected chi connectivity index (χ3v) is 3.96. The lowest BCUT2D eigenvalue weighted by Crippen LogP contribution is -2.40. The van der Waals surface area contributed by atoms with Crippen molar-refractivity contribution < 1.29 is 13.5 Å². The van der Waals surface area contributed by atoms with Gasteiger partial charge in [0.15, 0.2) is 0 Å². The molecule has 0 aromatic carbocycles. The Morgan fingerprint density at radius 2 is 1.92 bits per heavy atom. The van der Waals surface area contributed by atoms with Crippen molar-refractivity contribution in [2.45, 2.75) is 33.2 Å². The molecule has 0 saturated carbocycles. The zero-order valence-electron chi connectivity index (χ0n) is 8.52. The fourth-order valence-corrected chi connectivity index (χ4v) is 2.94. The lowest BCUT2D eigenvalue weighted by molar-refractivity contribution is 0.236. The highest BCUT2D eigenvalue weighted by molar-refractivity contribution is 7.89. The second kappa shape index (κ2) is 5.57. The first-order valence-corrected chi connectivity index (χ1v) is 6.17. The molecule has 0 heterocycles. The molecule has 0 aromatic rings. The van der Waals surface area contributed by atoms with E-state index in [1.807, 2.05) is 20.8 Å². The molecule has 0 spiro atoms. The van der Waals surface area contributed by atoms with E-state index in [4.69, 9.17) is 5.11 Å². The third kappa shape index (κ3) is 4.06. The largest absolute Gasteiger partial charge is 0.395 e. The van der Waals surface area contributed by atoms with Gasteiger partial charge in [-0.05, 0) is 20.3 Å². The van der Waals surface area contributed by atoms with Crippen LogP contribution in [0.4, 0.5) is 0 Å². The van der Waals surface area contributed by atoms with Crippen LogP contribution in [0.25, 0.3) is 0 Å². The zero-order valence-corrected chi connectivity index (χ0v) is 9.34. The minimum Gasteiger partial charge on any atom is -0.395 e. The van der Waals surface area contributed by atoms with Crippen LogP contribution in [0.3, 0.4) is 0 Å². The molecule has 0 bridgehead atoms. The van der Waals surface area contributed by atoms with Gasteiger partial charge in [0.1, 0.15) is 0 Å². The predicted molar refractivity (Wildman–Crippen MR) is 53.0 cm³/mol. The van der Waals surface area contributed by atoms with Gasteiger partial charge in [-0.15, -0.1) is 0 Å². The minimum absolute atomic E-state index is 0.0799. The van der Waals surface area contributed by atoms with Gasteiger partial charge in [0, 0.05) is 12.6 Å². The van der Waals surface area contributed by atoms with Crippen molar-refractivity contribution in [3.8, 4) is 0 Å². The molecule has 0 saturated heterocycles. The van der Waals surface area contributed by atoms with Crippen LogP contribution in [-0.4, -0.2) is 42.8 Å². The Balaban J connectivity index is 4.53. The summed E-state index contributed by atoms with van der Waals surface area (Å²) in [4.78, 5) is 0. The Bertz CT molecular complexity index is 224. The molecule has 0 fully saturated rings. The summed E-state index contributed by atoms with van der Waals surface area (Å²) in [7, 11) is -3.16. The van der Waals surface area contributed by atoms with Crippen LogP contribution in [0.5, 0.6) is 0 Å².